The molecule has 94 valence electrons. The smallest absolute Gasteiger partial charge is 0.315 e. The van der Waals surface area contributed by atoms with Gasteiger partial charge in [0.05, 0.1) is 19.0 Å². The summed E-state index contributed by atoms with van der Waals surface area (Å²) in [5.74, 6) is -0.442. The minimum atomic E-state index is -0.349. The Morgan fingerprint density at radius 2 is 1.62 bits per heavy atom. The van der Waals surface area contributed by atoms with Crippen LogP contribution in [0.3, 0.4) is 0 Å². The Kier molecular flexibility index (Phi) is 10.3. The number of esters is 2. The fourth-order valence-corrected chi connectivity index (χ4v) is 1.16. The van der Waals surface area contributed by atoms with E-state index in [2.05, 4.69) is 19.6 Å². The predicted molar refractivity (Wildman–Crippen MR) is 64.5 cm³/mol. The summed E-state index contributed by atoms with van der Waals surface area (Å²) in [6, 6.07) is 0. The van der Waals surface area contributed by atoms with Gasteiger partial charge in [0.2, 0.25) is 0 Å². The Bertz CT molecular complexity index is 206. The van der Waals surface area contributed by atoms with E-state index < -0.39 is 0 Å². The Morgan fingerprint density at radius 3 is 2.19 bits per heavy atom. The van der Waals surface area contributed by atoms with Crippen molar-refractivity contribution in [2.24, 2.45) is 0 Å². The molecular formula is C11H20O4S. The van der Waals surface area contributed by atoms with Crippen LogP contribution in [0.15, 0.2) is 0 Å². The molecule has 0 aliphatic heterocycles. The van der Waals surface area contributed by atoms with Gasteiger partial charge in [-0.05, 0) is 6.42 Å². The Labute approximate surface area is 102 Å². The van der Waals surface area contributed by atoms with Gasteiger partial charge in [-0.2, -0.15) is 12.6 Å². The second-order valence-electron chi connectivity index (χ2n) is 3.41. The normalized spacial score (nSPS) is 9.88. The van der Waals surface area contributed by atoms with E-state index in [0.717, 1.165) is 19.3 Å². The van der Waals surface area contributed by atoms with E-state index in [1.54, 1.807) is 0 Å². The molecule has 0 aliphatic carbocycles. The molecule has 0 aromatic heterocycles. The van der Waals surface area contributed by atoms with E-state index >= 15 is 0 Å². The Morgan fingerprint density at radius 1 is 1.00 bits per heavy atom. The summed E-state index contributed by atoms with van der Waals surface area (Å²) in [5, 5.41) is 0. The number of carbonyl (C=O) groups is 2. The SMILES string of the molecule is CCCCCC(=O)OCCCOC(=O)CS. The van der Waals surface area contributed by atoms with Crippen LogP contribution in [0.2, 0.25) is 0 Å². The molecule has 0 radical (unpaired) electrons. The number of unbranched alkanes of at least 4 members (excludes halogenated alkanes) is 2. The van der Waals surface area contributed by atoms with Crippen molar-refractivity contribution >= 4 is 24.6 Å². The van der Waals surface area contributed by atoms with Crippen LogP contribution < -0.4 is 0 Å². The second-order valence-corrected chi connectivity index (χ2v) is 3.73. The summed E-state index contributed by atoms with van der Waals surface area (Å²) in [6.07, 6.45) is 4.04. The fraction of sp³-hybridized carbons (Fsp3) is 0.818. The molecule has 0 aliphatic rings. The molecule has 0 saturated heterocycles. The summed E-state index contributed by atoms with van der Waals surface area (Å²) in [7, 11) is 0. The van der Waals surface area contributed by atoms with E-state index in [1.165, 1.54) is 0 Å². The molecular weight excluding hydrogens is 228 g/mol. The molecule has 0 fully saturated rings. The number of thiol groups is 1. The van der Waals surface area contributed by atoms with Crippen molar-refractivity contribution in [1.82, 2.24) is 0 Å². The zero-order valence-corrected chi connectivity index (χ0v) is 10.6. The minimum Gasteiger partial charge on any atom is -0.466 e. The largest absolute Gasteiger partial charge is 0.466 e. The molecule has 0 heterocycles. The van der Waals surface area contributed by atoms with Crippen molar-refractivity contribution in [1.29, 1.82) is 0 Å². The van der Waals surface area contributed by atoms with E-state index in [-0.39, 0.29) is 24.3 Å². The lowest BCUT2D eigenvalue weighted by atomic mass is 10.2. The molecule has 0 unspecified atom stereocenters. The van der Waals surface area contributed by atoms with Crippen LogP contribution in [0, 0.1) is 0 Å². The number of hydrogen-bond acceptors (Lipinski definition) is 5. The lowest BCUT2D eigenvalue weighted by Gasteiger charge is -2.05. The molecule has 0 N–H and O–H groups in total. The first-order valence-corrected chi connectivity index (χ1v) is 6.26. The molecule has 0 atom stereocenters. The van der Waals surface area contributed by atoms with Crippen molar-refractivity contribution in [2.45, 2.75) is 39.0 Å². The van der Waals surface area contributed by atoms with Crippen LogP contribution in [0.4, 0.5) is 0 Å². The molecule has 0 aromatic carbocycles. The van der Waals surface area contributed by atoms with Crippen LogP contribution in [-0.4, -0.2) is 30.9 Å². The van der Waals surface area contributed by atoms with E-state index in [0.29, 0.717) is 19.4 Å². The number of rotatable bonds is 9. The van der Waals surface area contributed by atoms with Gasteiger partial charge < -0.3 is 9.47 Å². The topological polar surface area (TPSA) is 52.6 Å². The third kappa shape index (κ3) is 9.83. The van der Waals surface area contributed by atoms with Gasteiger partial charge in [-0.15, -0.1) is 0 Å². The van der Waals surface area contributed by atoms with Crippen molar-refractivity contribution in [2.75, 3.05) is 19.0 Å². The maximum Gasteiger partial charge on any atom is 0.315 e. The molecule has 5 heteroatoms. The summed E-state index contributed by atoms with van der Waals surface area (Å²) >= 11 is 3.76. The molecule has 0 spiro atoms. The maximum atomic E-state index is 11.1. The summed E-state index contributed by atoms with van der Waals surface area (Å²) in [4.78, 5) is 21.8. The van der Waals surface area contributed by atoms with Gasteiger partial charge in [-0.1, -0.05) is 19.8 Å². The van der Waals surface area contributed by atoms with Gasteiger partial charge in [-0.3, -0.25) is 9.59 Å². The average Bonchev–Trinajstić information content (AvgIpc) is 2.28. The lowest BCUT2D eigenvalue weighted by molar-refractivity contribution is -0.145. The Hall–Kier alpha value is -0.710. The van der Waals surface area contributed by atoms with Crippen LogP contribution >= 0.6 is 12.6 Å². The zero-order chi connectivity index (χ0) is 12.2. The monoisotopic (exact) mass is 248 g/mol. The molecule has 4 nitrogen and oxygen atoms in total. The first-order chi connectivity index (χ1) is 7.70. The predicted octanol–water partition coefficient (Wildman–Crippen LogP) is 1.97. The van der Waals surface area contributed by atoms with Crippen LogP contribution in [0.5, 0.6) is 0 Å². The van der Waals surface area contributed by atoms with Crippen LogP contribution in [0.25, 0.3) is 0 Å². The Balaban J connectivity index is 3.24. The second kappa shape index (κ2) is 10.8. The highest BCUT2D eigenvalue weighted by Gasteiger charge is 2.02. The average molecular weight is 248 g/mol. The molecule has 0 aromatic rings. The van der Waals surface area contributed by atoms with Gasteiger partial charge in [0.1, 0.15) is 0 Å². The first-order valence-electron chi connectivity index (χ1n) is 5.62. The van der Waals surface area contributed by atoms with Crippen molar-refractivity contribution in [3.63, 3.8) is 0 Å². The number of hydrogen-bond donors (Lipinski definition) is 1. The quantitative estimate of drug-likeness (QED) is 0.385. The van der Waals surface area contributed by atoms with Gasteiger partial charge >= 0.3 is 11.9 Å². The molecule has 0 rings (SSSR count). The van der Waals surface area contributed by atoms with Gasteiger partial charge in [0.25, 0.3) is 0 Å². The molecule has 0 saturated carbocycles. The van der Waals surface area contributed by atoms with E-state index in [4.69, 9.17) is 9.47 Å². The molecule has 0 bridgehead atoms. The summed E-state index contributed by atoms with van der Waals surface area (Å²) < 4.78 is 9.72. The zero-order valence-electron chi connectivity index (χ0n) is 9.74. The third-order valence-electron chi connectivity index (χ3n) is 1.93. The highest BCUT2D eigenvalue weighted by atomic mass is 32.1. The maximum absolute atomic E-state index is 11.1. The van der Waals surface area contributed by atoms with Crippen molar-refractivity contribution < 1.29 is 19.1 Å². The highest BCUT2D eigenvalue weighted by Crippen LogP contribution is 2.00. The van der Waals surface area contributed by atoms with Crippen LogP contribution in [0.1, 0.15) is 39.0 Å². The number of carbonyl (C=O) groups excluding carboxylic acids is 2. The van der Waals surface area contributed by atoms with Crippen molar-refractivity contribution in [3.8, 4) is 0 Å². The van der Waals surface area contributed by atoms with Gasteiger partial charge in [-0.25, -0.2) is 0 Å². The molecule has 16 heavy (non-hydrogen) atoms. The summed E-state index contributed by atoms with van der Waals surface area (Å²) in [5.41, 5.74) is 0. The van der Waals surface area contributed by atoms with Gasteiger partial charge in [0.15, 0.2) is 0 Å². The molecule has 0 amide bonds. The minimum absolute atomic E-state index is 0.0802. The lowest BCUT2D eigenvalue weighted by Crippen LogP contribution is -2.11. The van der Waals surface area contributed by atoms with E-state index in [9.17, 15) is 9.59 Å². The number of ether oxygens (including phenoxy) is 2. The summed E-state index contributed by atoms with van der Waals surface area (Å²) in [6.45, 7) is 2.67. The first kappa shape index (κ1) is 15.3. The van der Waals surface area contributed by atoms with Crippen LogP contribution in [-0.2, 0) is 19.1 Å². The van der Waals surface area contributed by atoms with Gasteiger partial charge in [0, 0.05) is 12.8 Å². The highest BCUT2D eigenvalue weighted by molar-refractivity contribution is 7.81. The fourth-order valence-electron chi connectivity index (χ4n) is 1.07. The standard InChI is InChI=1S/C11H20O4S/c1-2-3-4-6-10(12)14-7-5-8-15-11(13)9-16/h16H,2-9H2,1H3. The van der Waals surface area contributed by atoms with Crippen molar-refractivity contribution in [3.05, 3.63) is 0 Å². The van der Waals surface area contributed by atoms with E-state index in [1.807, 2.05) is 0 Å². The third-order valence-corrected chi connectivity index (χ3v) is 2.19.